The monoisotopic (exact) mass is 384 g/mol. The van der Waals surface area contributed by atoms with Crippen molar-refractivity contribution in [3.05, 3.63) is 64.0 Å². The lowest BCUT2D eigenvalue weighted by Gasteiger charge is -2.40. The van der Waals surface area contributed by atoms with Crippen LogP contribution in [0.4, 0.5) is 0 Å². The number of piperazine rings is 1. The lowest BCUT2D eigenvalue weighted by Crippen LogP contribution is -2.50. The molecule has 1 aliphatic rings. The Morgan fingerprint density at radius 1 is 1.22 bits per heavy atom. The molecule has 27 heavy (non-hydrogen) atoms. The summed E-state index contributed by atoms with van der Waals surface area (Å²) in [5, 5.41) is 6.07. The number of thiophene rings is 1. The van der Waals surface area contributed by atoms with Crippen molar-refractivity contribution >= 4 is 17.2 Å². The summed E-state index contributed by atoms with van der Waals surface area (Å²) < 4.78 is 6.31. The van der Waals surface area contributed by atoms with Gasteiger partial charge in [-0.05, 0) is 24.1 Å². The fourth-order valence-corrected chi connectivity index (χ4v) is 3.95. The first-order valence-electron chi connectivity index (χ1n) is 8.76. The van der Waals surface area contributed by atoms with Crippen molar-refractivity contribution in [2.24, 2.45) is 0 Å². The second-order valence-electron chi connectivity index (χ2n) is 6.58. The van der Waals surface area contributed by atoms with Gasteiger partial charge in [-0.25, -0.2) is 4.79 Å². The van der Waals surface area contributed by atoms with Crippen LogP contribution in [0.15, 0.2) is 57.1 Å². The molecule has 1 atom stereocenters. The van der Waals surface area contributed by atoms with E-state index in [2.05, 4.69) is 10.00 Å². The zero-order valence-corrected chi connectivity index (χ0v) is 15.8. The Morgan fingerprint density at radius 2 is 2.04 bits per heavy atom. The van der Waals surface area contributed by atoms with Crippen LogP contribution in [-0.4, -0.2) is 52.2 Å². The highest BCUT2D eigenvalue weighted by molar-refractivity contribution is 7.13. The first-order valence-corrected chi connectivity index (χ1v) is 9.64. The summed E-state index contributed by atoms with van der Waals surface area (Å²) in [5.41, 5.74) is 1.09. The first kappa shape index (κ1) is 17.7. The molecule has 0 aliphatic carbocycles. The average Bonchev–Trinajstić information content (AvgIpc) is 3.33. The molecule has 8 heteroatoms. The SMILES string of the molecule is CN1CCN(C(=O)Cn2nc(-c3cccs3)oc2=O)C(c2ccccc2)C1. The Labute approximate surface area is 160 Å². The molecule has 2 aromatic heterocycles. The van der Waals surface area contributed by atoms with Crippen LogP contribution >= 0.6 is 11.3 Å². The van der Waals surface area contributed by atoms with Gasteiger partial charge in [0, 0.05) is 19.6 Å². The molecular weight excluding hydrogens is 364 g/mol. The zero-order chi connectivity index (χ0) is 18.8. The van der Waals surface area contributed by atoms with Crippen LogP contribution in [-0.2, 0) is 11.3 Å². The molecule has 0 bridgehead atoms. The van der Waals surface area contributed by atoms with Gasteiger partial charge in [-0.1, -0.05) is 36.4 Å². The van der Waals surface area contributed by atoms with Gasteiger partial charge in [0.1, 0.15) is 6.54 Å². The Balaban J connectivity index is 1.55. The number of amides is 1. The van der Waals surface area contributed by atoms with Gasteiger partial charge >= 0.3 is 5.76 Å². The number of benzene rings is 1. The van der Waals surface area contributed by atoms with Crippen LogP contribution in [0.5, 0.6) is 0 Å². The Morgan fingerprint density at radius 3 is 2.78 bits per heavy atom. The third kappa shape index (κ3) is 3.72. The van der Waals surface area contributed by atoms with Crippen molar-refractivity contribution in [1.82, 2.24) is 19.6 Å². The molecule has 140 valence electrons. The highest BCUT2D eigenvalue weighted by Crippen LogP contribution is 2.25. The second-order valence-corrected chi connectivity index (χ2v) is 7.53. The van der Waals surface area contributed by atoms with E-state index in [4.69, 9.17) is 4.42 Å². The predicted octanol–water partition coefficient (Wildman–Crippen LogP) is 2.08. The van der Waals surface area contributed by atoms with Gasteiger partial charge in [0.15, 0.2) is 0 Å². The van der Waals surface area contributed by atoms with Gasteiger partial charge < -0.3 is 14.2 Å². The van der Waals surface area contributed by atoms with E-state index in [-0.39, 0.29) is 24.4 Å². The van der Waals surface area contributed by atoms with Crippen molar-refractivity contribution in [2.75, 3.05) is 26.7 Å². The van der Waals surface area contributed by atoms with Crippen LogP contribution in [0.3, 0.4) is 0 Å². The van der Waals surface area contributed by atoms with E-state index in [0.717, 1.165) is 28.2 Å². The molecule has 1 unspecified atom stereocenters. The molecule has 0 radical (unpaired) electrons. The fourth-order valence-electron chi connectivity index (χ4n) is 3.30. The lowest BCUT2D eigenvalue weighted by molar-refractivity contribution is -0.137. The van der Waals surface area contributed by atoms with E-state index in [1.807, 2.05) is 59.8 Å². The second kappa shape index (κ2) is 7.50. The zero-order valence-electron chi connectivity index (χ0n) is 14.9. The van der Waals surface area contributed by atoms with E-state index in [9.17, 15) is 9.59 Å². The molecule has 1 fully saturated rings. The van der Waals surface area contributed by atoms with Crippen molar-refractivity contribution in [3.63, 3.8) is 0 Å². The van der Waals surface area contributed by atoms with Crippen LogP contribution in [0.25, 0.3) is 10.8 Å². The predicted molar refractivity (Wildman–Crippen MR) is 102 cm³/mol. The van der Waals surface area contributed by atoms with Gasteiger partial charge in [-0.15, -0.1) is 16.4 Å². The summed E-state index contributed by atoms with van der Waals surface area (Å²) in [6.45, 7) is 2.03. The number of carbonyl (C=O) groups is 1. The normalized spacial score (nSPS) is 18.0. The third-order valence-corrected chi connectivity index (χ3v) is 5.57. The van der Waals surface area contributed by atoms with Crippen LogP contribution in [0.1, 0.15) is 11.6 Å². The molecular formula is C19H20N4O3S. The van der Waals surface area contributed by atoms with Crippen LogP contribution in [0, 0.1) is 0 Å². The molecule has 3 heterocycles. The van der Waals surface area contributed by atoms with Crippen molar-refractivity contribution in [1.29, 1.82) is 0 Å². The summed E-state index contributed by atoms with van der Waals surface area (Å²) in [6.07, 6.45) is 0. The average molecular weight is 384 g/mol. The Kier molecular flexibility index (Phi) is 4.91. The first-order chi connectivity index (χ1) is 13.1. The minimum Gasteiger partial charge on any atom is -0.387 e. The molecule has 0 spiro atoms. The number of carbonyl (C=O) groups excluding carboxylic acids is 1. The van der Waals surface area contributed by atoms with Gasteiger partial charge in [0.2, 0.25) is 5.91 Å². The Bertz CT molecular complexity index is 965. The smallest absolute Gasteiger partial charge is 0.387 e. The molecule has 3 aromatic rings. The Hall–Kier alpha value is -2.71. The fraction of sp³-hybridized carbons (Fsp3) is 0.316. The summed E-state index contributed by atoms with van der Waals surface area (Å²) in [7, 11) is 2.05. The number of rotatable bonds is 4. The molecule has 0 N–H and O–H groups in total. The highest BCUT2D eigenvalue weighted by Gasteiger charge is 2.30. The van der Waals surface area contributed by atoms with Gasteiger partial charge in [-0.2, -0.15) is 4.68 Å². The quantitative estimate of drug-likeness (QED) is 0.689. The largest absolute Gasteiger partial charge is 0.437 e. The van der Waals surface area contributed by atoms with E-state index in [1.165, 1.54) is 11.3 Å². The minimum absolute atomic E-state index is 0.0446. The van der Waals surface area contributed by atoms with Crippen LogP contribution in [0.2, 0.25) is 0 Å². The van der Waals surface area contributed by atoms with Crippen molar-refractivity contribution < 1.29 is 9.21 Å². The molecule has 0 saturated carbocycles. The number of nitrogens with zero attached hydrogens (tertiary/aromatic N) is 4. The number of hydrogen-bond acceptors (Lipinski definition) is 6. The summed E-state index contributed by atoms with van der Waals surface area (Å²) in [5.74, 6) is -0.497. The maximum absolute atomic E-state index is 13.0. The molecule has 4 rings (SSSR count). The van der Waals surface area contributed by atoms with Gasteiger partial charge in [0.25, 0.3) is 5.89 Å². The van der Waals surface area contributed by atoms with E-state index in [0.29, 0.717) is 6.54 Å². The number of likely N-dealkylation sites (N-methyl/N-ethyl adjacent to an activating group) is 1. The number of hydrogen-bond donors (Lipinski definition) is 0. The van der Waals surface area contributed by atoms with Crippen LogP contribution < -0.4 is 5.76 Å². The van der Waals surface area contributed by atoms with Crippen molar-refractivity contribution in [3.8, 4) is 10.8 Å². The number of aromatic nitrogens is 2. The molecule has 1 aliphatic heterocycles. The van der Waals surface area contributed by atoms with E-state index < -0.39 is 5.76 Å². The topological polar surface area (TPSA) is 71.6 Å². The van der Waals surface area contributed by atoms with Gasteiger partial charge in [0.05, 0.1) is 10.9 Å². The van der Waals surface area contributed by atoms with E-state index >= 15 is 0 Å². The van der Waals surface area contributed by atoms with E-state index in [1.54, 1.807) is 0 Å². The third-order valence-electron chi connectivity index (χ3n) is 4.71. The highest BCUT2D eigenvalue weighted by atomic mass is 32.1. The molecule has 1 saturated heterocycles. The molecule has 7 nitrogen and oxygen atoms in total. The maximum atomic E-state index is 13.0. The van der Waals surface area contributed by atoms with Crippen molar-refractivity contribution in [2.45, 2.75) is 12.6 Å². The standard InChI is InChI=1S/C19H20N4O3S/c1-21-9-10-22(15(12-21)14-6-3-2-4-7-14)17(24)13-23-19(25)26-18(20-23)16-8-5-11-27-16/h2-8,11,15H,9-10,12-13H2,1H3. The summed E-state index contributed by atoms with van der Waals surface area (Å²) >= 11 is 1.43. The minimum atomic E-state index is -0.614. The maximum Gasteiger partial charge on any atom is 0.437 e. The van der Waals surface area contributed by atoms with Gasteiger partial charge in [-0.3, -0.25) is 4.79 Å². The summed E-state index contributed by atoms with van der Waals surface area (Å²) in [4.78, 5) is 29.9. The lowest BCUT2D eigenvalue weighted by atomic mass is 10.0. The summed E-state index contributed by atoms with van der Waals surface area (Å²) in [6, 6.07) is 13.6. The molecule has 1 amide bonds. The molecule has 1 aromatic carbocycles.